The number of carbonyl (C=O) groups is 3. The predicted molar refractivity (Wildman–Crippen MR) is 90.5 cm³/mol. The molecule has 0 spiro atoms. The summed E-state index contributed by atoms with van der Waals surface area (Å²) in [5.74, 6) is -1.43. The minimum Gasteiger partial charge on any atom is -0.376 e. The van der Waals surface area contributed by atoms with Crippen molar-refractivity contribution in [3.63, 3.8) is 0 Å². The van der Waals surface area contributed by atoms with E-state index in [4.69, 9.17) is 4.74 Å². The highest BCUT2D eigenvalue weighted by Crippen LogP contribution is 2.27. The van der Waals surface area contributed by atoms with Crippen molar-refractivity contribution in [3.05, 3.63) is 46.8 Å². The number of halogens is 1. The monoisotopic (exact) mass is 358 g/mol. The van der Waals surface area contributed by atoms with Crippen LogP contribution >= 0.6 is 0 Å². The maximum Gasteiger partial charge on any atom is 0.261 e. The quantitative estimate of drug-likeness (QED) is 0.777. The molecule has 0 aliphatic carbocycles. The van der Waals surface area contributed by atoms with Gasteiger partial charge in [0.15, 0.2) is 0 Å². The fourth-order valence-corrected chi connectivity index (χ4v) is 3.64. The Bertz CT molecular complexity index is 814. The molecule has 3 amide bonds. The number of amides is 3. The van der Waals surface area contributed by atoms with E-state index in [-0.39, 0.29) is 42.4 Å². The van der Waals surface area contributed by atoms with E-state index in [1.165, 1.54) is 34.1 Å². The summed E-state index contributed by atoms with van der Waals surface area (Å²) in [7, 11) is 0. The van der Waals surface area contributed by atoms with Gasteiger partial charge in [-0.05, 0) is 43.5 Å². The average molecular weight is 358 g/mol. The fourth-order valence-electron chi connectivity index (χ4n) is 3.64. The van der Waals surface area contributed by atoms with Crippen LogP contribution in [0.4, 0.5) is 4.39 Å². The molecule has 136 valence electrons. The zero-order valence-electron chi connectivity index (χ0n) is 14.2. The molecule has 3 aliphatic heterocycles. The van der Waals surface area contributed by atoms with Crippen LogP contribution in [0.3, 0.4) is 0 Å². The topological polar surface area (TPSA) is 66.9 Å². The summed E-state index contributed by atoms with van der Waals surface area (Å²) in [4.78, 5) is 40.4. The second-order valence-corrected chi connectivity index (χ2v) is 6.78. The van der Waals surface area contributed by atoms with Gasteiger partial charge in [-0.25, -0.2) is 4.39 Å². The number of ether oxygens (including phenoxy) is 1. The van der Waals surface area contributed by atoms with E-state index in [1.54, 1.807) is 0 Å². The van der Waals surface area contributed by atoms with Crippen molar-refractivity contribution < 1.29 is 23.5 Å². The van der Waals surface area contributed by atoms with Crippen LogP contribution in [-0.4, -0.2) is 59.9 Å². The van der Waals surface area contributed by atoms with Gasteiger partial charge in [-0.15, -0.1) is 0 Å². The number of fused-ring (bicyclic) bond motifs is 1. The van der Waals surface area contributed by atoms with Crippen LogP contribution in [0.5, 0.6) is 0 Å². The van der Waals surface area contributed by atoms with Gasteiger partial charge in [0.05, 0.1) is 30.3 Å². The van der Waals surface area contributed by atoms with Gasteiger partial charge in [0.1, 0.15) is 5.83 Å². The molecule has 3 heterocycles. The Labute approximate surface area is 150 Å². The zero-order chi connectivity index (χ0) is 18.3. The van der Waals surface area contributed by atoms with Crippen molar-refractivity contribution in [1.82, 2.24) is 9.80 Å². The van der Waals surface area contributed by atoms with Crippen molar-refractivity contribution in [2.45, 2.75) is 25.4 Å². The van der Waals surface area contributed by atoms with Crippen molar-refractivity contribution in [1.29, 1.82) is 0 Å². The highest BCUT2D eigenvalue weighted by Gasteiger charge is 2.38. The zero-order valence-corrected chi connectivity index (χ0v) is 14.2. The molecule has 6 nitrogen and oxygen atoms in total. The van der Waals surface area contributed by atoms with Crippen molar-refractivity contribution in [2.24, 2.45) is 0 Å². The summed E-state index contributed by atoms with van der Waals surface area (Å²) >= 11 is 0. The standard InChI is InChI=1S/C19H19FN2O4/c20-13-3-1-7-21(10-13)17(23)12-5-6-15-16(9-12)19(25)22(18(15)24)11-14-4-2-8-26-14/h3,5-6,9,14H,1-2,4,7-8,10-11H2. The first-order valence-corrected chi connectivity index (χ1v) is 8.80. The Hall–Kier alpha value is -2.54. The largest absolute Gasteiger partial charge is 0.376 e. The van der Waals surface area contributed by atoms with Gasteiger partial charge in [-0.3, -0.25) is 19.3 Å². The Kier molecular flexibility index (Phi) is 4.32. The molecule has 1 unspecified atom stereocenters. The third-order valence-electron chi connectivity index (χ3n) is 5.02. The summed E-state index contributed by atoms with van der Waals surface area (Å²) in [5.41, 5.74) is 0.819. The van der Waals surface area contributed by atoms with Gasteiger partial charge in [-0.1, -0.05) is 0 Å². The molecule has 0 saturated carbocycles. The highest BCUT2D eigenvalue weighted by molar-refractivity contribution is 6.22. The first kappa shape index (κ1) is 16.9. The van der Waals surface area contributed by atoms with Crippen LogP contribution in [0.2, 0.25) is 0 Å². The molecule has 1 fully saturated rings. The number of rotatable bonds is 3. The third-order valence-corrected chi connectivity index (χ3v) is 5.02. The number of nitrogens with zero attached hydrogens (tertiary/aromatic N) is 2. The molecule has 1 aromatic rings. The van der Waals surface area contributed by atoms with E-state index < -0.39 is 5.91 Å². The van der Waals surface area contributed by atoms with Crippen LogP contribution in [0.15, 0.2) is 30.1 Å². The van der Waals surface area contributed by atoms with Crippen molar-refractivity contribution in [3.8, 4) is 0 Å². The SMILES string of the molecule is O=C(c1ccc2c(c1)C(=O)N(CC1CCCO1)C2=O)N1CCC=C(F)C1. The molecule has 26 heavy (non-hydrogen) atoms. The van der Waals surface area contributed by atoms with Crippen molar-refractivity contribution in [2.75, 3.05) is 26.2 Å². The van der Waals surface area contributed by atoms with Gasteiger partial charge in [0, 0.05) is 18.7 Å². The minimum atomic E-state index is -0.403. The average Bonchev–Trinajstić information content (AvgIpc) is 3.24. The molecule has 1 atom stereocenters. The Morgan fingerprint density at radius 2 is 2.04 bits per heavy atom. The third kappa shape index (κ3) is 2.92. The van der Waals surface area contributed by atoms with E-state index in [0.717, 1.165) is 12.8 Å². The molecule has 0 radical (unpaired) electrons. The molecule has 0 aromatic heterocycles. The summed E-state index contributed by atoms with van der Waals surface area (Å²) in [6, 6.07) is 4.48. The normalized spacial score (nSPS) is 22.7. The fraction of sp³-hybridized carbons (Fsp3) is 0.421. The first-order chi connectivity index (χ1) is 12.5. The minimum absolute atomic E-state index is 0.0616. The molecule has 1 saturated heterocycles. The summed E-state index contributed by atoms with van der Waals surface area (Å²) < 4.78 is 19.0. The Morgan fingerprint density at radius 3 is 2.77 bits per heavy atom. The first-order valence-electron chi connectivity index (χ1n) is 8.80. The van der Waals surface area contributed by atoms with E-state index in [2.05, 4.69) is 0 Å². The summed E-state index contributed by atoms with van der Waals surface area (Å²) in [6.07, 6.45) is 3.56. The molecule has 7 heteroatoms. The Balaban J connectivity index is 1.55. The number of hydrogen-bond acceptors (Lipinski definition) is 4. The lowest BCUT2D eigenvalue weighted by molar-refractivity contribution is 0.0475. The van der Waals surface area contributed by atoms with E-state index >= 15 is 0 Å². The molecular weight excluding hydrogens is 339 g/mol. The van der Waals surface area contributed by atoms with Crippen molar-refractivity contribution >= 4 is 17.7 Å². The molecule has 4 rings (SSSR count). The number of benzene rings is 1. The van der Waals surface area contributed by atoms with Crippen LogP contribution in [0.25, 0.3) is 0 Å². The molecular formula is C19H19FN2O4. The summed E-state index contributed by atoms with van der Waals surface area (Å²) in [6.45, 7) is 1.25. The van der Waals surface area contributed by atoms with Gasteiger partial charge < -0.3 is 9.64 Å². The predicted octanol–water partition coefficient (Wildman–Crippen LogP) is 2.16. The smallest absolute Gasteiger partial charge is 0.261 e. The lowest BCUT2D eigenvalue weighted by atomic mass is 10.0. The number of imide groups is 1. The lowest BCUT2D eigenvalue weighted by Crippen LogP contribution is -2.36. The van der Waals surface area contributed by atoms with E-state index in [1.807, 2.05) is 0 Å². The number of carbonyl (C=O) groups excluding carboxylic acids is 3. The molecule has 0 bridgehead atoms. The van der Waals surface area contributed by atoms with E-state index in [9.17, 15) is 18.8 Å². The second kappa shape index (κ2) is 6.64. The van der Waals surface area contributed by atoms with Crippen LogP contribution in [-0.2, 0) is 4.74 Å². The Morgan fingerprint density at radius 1 is 1.23 bits per heavy atom. The molecule has 0 N–H and O–H groups in total. The van der Waals surface area contributed by atoms with Gasteiger partial charge >= 0.3 is 0 Å². The maximum absolute atomic E-state index is 13.4. The van der Waals surface area contributed by atoms with Gasteiger partial charge in [-0.2, -0.15) is 0 Å². The number of hydrogen-bond donors (Lipinski definition) is 0. The van der Waals surface area contributed by atoms with Crippen LogP contribution in [0, 0.1) is 0 Å². The van der Waals surface area contributed by atoms with E-state index in [0.29, 0.717) is 30.7 Å². The second-order valence-electron chi connectivity index (χ2n) is 6.78. The highest BCUT2D eigenvalue weighted by atomic mass is 19.1. The van der Waals surface area contributed by atoms with Crippen LogP contribution in [0.1, 0.15) is 50.3 Å². The molecule has 3 aliphatic rings. The lowest BCUT2D eigenvalue weighted by Gasteiger charge is -2.24. The maximum atomic E-state index is 13.4. The van der Waals surface area contributed by atoms with Gasteiger partial charge in [0.25, 0.3) is 17.7 Å². The van der Waals surface area contributed by atoms with Crippen LogP contribution < -0.4 is 0 Å². The summed E-state index contributed by atoms with van der Waals surface area (Å²) in [5, 5.41) is 0. The molecule has 1 aromatic carbocycles. The van der Waals surface area contributed by atoms with Gasteiger partial charge in [0.2, 0.25) is 0 Å².